The van der Waals surface area contributed by atoms with Gasteiger partial charge in [0.25, 0.3) is 0 Å². The number of rotatable bonds is 13. The zero-order chi connectivity index (χ0) is 20.4. The van der Waals surface area contributed by atoms with Gasteiger partial charge >= 0.3 is 5.97 Å². The lowest BCUT2D eigenvalue weighted by Crippen LogP contribution is -2.22. The maximum atomic E-state index is 11.4. The highest BCUT2D eigenvalue weighted by atomic mass is 32.2. The smallest absolute Gasteiger partial charge is 0.315 e. The summed E-state index contributed by atoms with van der Waals surface area (Å²) in [6, 6.07) is 0. The van der Waals surface area contributed by atoms with E-state index in [2.05, 4.69) is 6.92 Å². The number of fused-ring (bicyclic) bond motifs is 1. The molecule has 0 aromatic carbocycles. The largest absolute Gasteiger partial charge is 0.512 e. The molecule has 2 aliphatic rings. The number of carbonyl (C=O) groups excluding carboxylic acids is 1. The van der Waals surface area contributed by atoms with E-state index in [1.54, 1.807) is 11.8 Å². The van der Waals surface area contributed by atoms with Crippen molar-refractivity contribution < 1.29 is 19.7 Å². The van der Waals surface area contributed by atoms with E-state index in [1.807, 2.05) is 13.0 Å². The van der Waals surface area contributed by atoms with Crippen LogP contribution in [0.2, 0.25) is 0 Å². The normalized spacial score (nSPS) is 29.8. The Morgan fingerprint density at radius 2 is 1.93 bits per heavy atom. The zero-order valence-electron chi connectivity index (χ0n) is 17.8. The predicted octanol–water partition coefficient (Wildman–Crippen LogP) is 5.50. The van der Waals surface area contributed by atoms with Gasteiger partial charge in [-0.05, 0) is 75.0 Å². The monoisotopic (exact) mass is 412 g/mol. The lowest BCUT2D eigenvalue weighted by molar-refractivity contribution is -0.139. The highest BCUT2D eigenvalue weighted by molar-refractivity contribution is 7.99. The molecule has 2 fully saturated rings. The molecule has 2 N–H and O–H groups in total. The third-order valence-corrected chi connectivity index (χ3v) is 7.43. The maximum Gasteiger partial charge on any atom is 0.315 e. The second-order valence-corrected chi connectivity index (χ2v) is 9.67. The molecular weight excluding hydrogens is 372 g/mol. The van der Waals surface area contributed by atoms with Crippen molar-refractivity contribution in [3.8, 4) is 0 Å². The van der Waals surface area contributed by atoms with Crippen LogP contribution in [0.1, 0.15) is 78.1 Å². The molecule has 28 heavy (non-hydrogen) atoms. The standard InChI is InChI=1S/C23H40O4S/c1-3-5-6-7-8-9-10-20(24)23-19-14-17(13-18(19)15-21(23)25)11-12-28-16-22(26)27-4-2/h10,17-19,21,23-25H,3-9,11-16H2,1-2H3/t17-,18-,19-,21+,23-/m1/s1. The van der Waals surface area contributed by atoms with Gasteiger partial charge in [-0.2, -0.15) is 11.8 Å². The van der Waals surface area contributed by atoms with Crippen LogP contribution in [-0.2, 0) is 9.53 Å². The first-order valence-electron chi connectivity index (χ1n) is 11.4. The number of allylic oxidation sites excluding steroid dienone is 1. The third kappa shape index (κ3) is 7.29. The van der Waals surface area contributed by atoms with E-state index >= 15 is 0 Å². The van der Waals surface area contributed by atoms with E-state index in [-0.39, 0.29) is 18.0 Å². The molecule has 0 spiro atoms. The van der Waals surface area contributed by atoms with Crippen molar-refractivity contribution in [3.63, 3.8) is 0 Å². The van der Waals surface area contributed by atoms with E-state index in [4.69, 9.17) is 4.74 Å². The Morgan fingerprint density at radius 1 is 1.14 bits per heavy atom. The molecule has 2 aliphatic carbocycles. The number of aliphatic hydroxyl groups is 2. The van der Waals surface area contributed by atoms with Crippen LogP contribution in [0.4, 0.5) is 0 Å². The van der Waals surface area contributed by atoms with Gasteiger partial charge in [0.1, 0.15) is 0 Å². The summed E-state index contributed by atoms with van der Waals surface area (Å²) < 4.78 is 4.96. The summed E-state index contributed by atoms with van der Waals surface area (Å²) in [6.07, 6.45) is 12.9. The van der Waals surface area contributed by atoms with Crippen LogP contribution in [0.3, 0.4) is 0 Å². The number of hydrogen-bond acceptors (Lipinski definition) is 5. The van der Waals surface area contributed by atoms with Gasteiger partial charge in [0.05, 0.1) is 24.2 Å². The van der Waals surface area contributed by atoms with Gasteiger partial charge in [-0.25, -0.2) is 0 Å². The van der Waals surface area contributed by atoms with Crippen molar-refractivity contribution in [2.45, 2.75) is 84.2 Å². The molecular formula is C23H40O4S. The van der Waals surface area contributed by atoms with Crippen molar-refractivity contribution >= 4 is 17.7 Å². The van der Waals surface area contributed by atoms with Gasteiger partial charge in [0.2, 0.25) is 0 Å². The lowest BCUT2D eigenvalue weighted by atomic mass is 9.88. The van der Waals surface area contributed by atoms with E-state index < -0.39 is 0 Å². The van der Waals surface area contributed by atoms with Crippen LogP contribution >= 0.6 is 11.8 Å². The van der Waals surface area contributed by atoms with Crippen LogP contribution in [-0.4, -0.2) is 40.4 Å². The first-order valence-corrected chi connectivity index (χ1v) is 12.5. The number of carbonyl (C=O) groups is 1. The van der Waals surface area contributed by atoms with Crippen molar-refractivity contribution in [2.24, 2.45) is 23.7 Å². The molecule has 0 aromatic rings. The summed E-state index contributed by atoms with van der Waals surface area (Å²) in [5.41, 5.74) is 0. The molecule has 0 saturated heterocycles. The van der Waals surface area contributed by atoms with Crippen LogP contribution in [0.15, 0.2) is 11.8 Å². The molecule has 5 heteroatoms. The van der Waals surface area contributed by atoms with E-state index in [0.717, 1.165) is 44.3 Å². The second kappa shape index (κ2) is 12.8. The molecule has 2 saturated carbocycles. The third-order valence-electron chi connectivity index (χ3n) is 6.47. The highest BCUT2D eigenvalue weighted by Gasteiger charge is 2.49. The Morgan fingerprint density at radius 3 is 2.68 bits per heavy atom. The number of hydrogen-bond donors (Lipinski definition) is 2. The van der Waals surface area contributed by atoms with Crippen LogP contribution < -0.4 is 0 Å². The Balaban J connectivity index is 1.72. The molecule has 4 nitrogen and oxygen atoms in total. The number of unbranched alkanes of at least 4 members (excludes halogenated alkanes) is 5. The van der Waals surface area contributed by atoms with Crippen molar-refractivity contribution in [3.05, 3.63) is 11.8 Å². The zero-order valence-corrected chi connectivity index (χ0v) is 18.6. The summed E-state index contributed by atoms with van der Waals surface area (Å²) >= 11 is 1.66. The summed E-state index contributed by atoms with van der Waals surface area (Å²) in [5.74, 6) is 3.30. The fraction of sp³-hybridized carbons (Fsp3) is 0.870. The minimum Gasteiger partial charge on any atom is -0.512 e. The summed E-state index contributed by atoms with van der Waals surface area (Å²) in [7, 11) is 0. The van der Waals surface area contributed by atoms with Gasteiger partial charge in [-0.3, -0.25) is 4.79 Å². The molecule has 0 bridgehead atoms. The molecule has 0 unspecified atom stereocenters. The molecule has 0 aromatic heterocycles. The summed E-state index contributed by atoms with van der Waals surface area (Å²) in [5, 5.41) is 21.1. The summed E-state index contributed by atoms with van der Waals surface area (Å²) in [6.45, 7) is 4.50. The Bertz CT molecular complexity index is 493. The number of thioether (sulfide) groups is 1. The first-order chi connectivity index (χ1) is 13.6. The van der Waals surface area contributed by atoms with Crippen LogP contribution in [0.5, 0.6) is 0 Å². The average molecular weight is 413 g/mol. The predicted molar refractivity (Wildman–Crippen MR) is 116 cm³/mol. The number of aliphatic hydroxyl groups excluding tert-OH is 2. The molecule has 162 valence electrons. The minimum absolute atomic E-state index is 0.0576. The number of esters is 1. The van der Waals surface area contributed by atoms with Gasteiger partial charge in [-0.1, -0.05) is 32.6 Å². The SMILES string of the molecule is CCCCCCCC=C(O)[C@H]1[C@@H]2C[C@H](CCSCC(=O)OCC)C[C@@H]2C[C@@H]1O. The Hall–Kier alpha value is -0.680. The topological polar surface area (TPSA) is 66.8 Å². The fourth-order valence-corrected chi connectivity index (χ4v) is 6.02. The van der Waals surface area contributed by atoms with Gasteiger partial charge < -0.3 is 14.9 Å². The minimum atomic E-state index is -0.384. The van der Waals surface area contributed by atoms with Gasteiger partial charge in [0.15, 0.2) is 0 Å². The Labute approximate surface area is 175 Å². The van der Waals surface area contributed by atoms with E-state index in [0.29, 0.717) is 35.9 Å². The molecule has 0 heterocycles. The second-order valence-electron chi connectivity index (χ2n) is 8.57. The molecule has 0 aliphatic heterocycles. The van der Waals surface area contributed by atoms with Gasteiger partial charge in [-0.15, -0.1) is 0 Å². The fourth-order valence-electron chi connectivity index (χ4n) is 5.12. The molecule has 2 rings (SSSR count). The van der Waals surface area contributed by atoms with Crippen LogP contribution in [0.25, 0.3) is 0 Å². The van der Waals surface area contributed by atoms with Crippen molar-refractivity contribution in [1.82, 2.24) is 0 Å². The van der Waals surface area contributed by atoms with E-state index in [9.17, 15) is 15.0 Å². The molecule has 0 amide bonds. The lowest BCUT2D eigenvalue weighted by Gasteiger charge is -2.21. The maximum absolute atomic E-state index is 11.4. The molecule has 0 radical (unpaired) electrons. The van der Waals surface area contributed by atoms with Crippen molar-refractivity contribution in [1.29, 1.82) is 0 Å². The first kappa shape index (κ1) is 23.6. The summed E-state index contributed by atoms with van der Waals surface area (Å²) in [4.78, 5) is 11.4. The quantitative estimate of drug-likeness (QED) is 0.238. The van der Waals surface area contributed by atoms with Crippen molar-refractivity contribution in [2.75, 3.05) is 18.1 Å². The average Bonchev–Trinajstić information content (AvgIpc) is 3.17. The molecule has 5 atom stereocenters. The number of ether oxygens (including phenoxy) is 1. The van der Waals surface area contributed by atoms with Crippen LogP contribution in [0, 0.1) is 23.7 Å². The Kier molecular flexibility index (Phi) is 10.8. The van der Waals surface area contributed by atoms with E-state index in [1.165, 1.54) is 25.7 Å². The highest BCUT2D eigenvalue weighted by Crippen LogP contribution is 2.52. The van der Waals surface area contributed by atoms with Gasteiger partial charge in [0, 0.05) is 5.92 Å².